The maximum absolute atomic E-state index is 11.1. The van der Waals surface area contributed by atoms with Crippen molar-refractivity contribution < 1.29 is 4.79 Å². The van der Waals surface area contributed by atoms with Gasteiger partial charge < -0.3 is 4.57 Å². The van der Waals surface area contributed by atoms with Crippen molar-refractivity contribution in [3.8, 4) is 0 Å². The van der Waals surface area contributed by atoms with Gasteiger partial charge in [-0.25, -0.2) is 0 Å². The van der Waals surface area contributed by atoms with E-state index < -0.39 is 0 Å². The van der Waals surface area contributed by atoms with E-state index >= 15 is 0 Å². The molecule has 2 nitrogen and oxygen atoms in total. The third kappa shape index (κ3) is 1.45. The molecule has 82 valence electrons. The first-order chi connectivity index (χ1) is 7.81. The van der Waals surface area contributed by atoms with Crippen LogP contribution in [0.5, 0.6) is 0 Å². The summed E-state index contributed by atoms with van der Waals surface area (Å²) in [7, 11) is 0. The Morgan fingerprint density at radius 2 is 2.12 bits per heavy atom. The van der Waals surface area contributed by atoms with E-state index in [0.29, 0.717) is 10.7 Å². The number of halogens is 1. The molecule has 1 fully saturated rings. The molecule has 16 heavy (non-hydrogen) atoms. The molecule has 0 amide bonds. The van der Waals surface area contributed by atoms with Crippen LogP contribution in [0.3, 0.4) is 0 Å². The van der Waals surface area contributed by atoms with Crippen molar-refractivity contribution >= 4 is 28.8 Å². The minimum absolute atomic E-state index is 0.586. The molecule has 2 aromatic rings. The highest BCUT2D eigenvalue weighted by atomic mass is 35.5. The van der Waals surface area contributed by atoms with Crippen molar-refractivity contribution in [1.82, 2.24) is 4.57 Å². The Morgan fingerprint density at radius 1 is 1.38 bits per heavy atom. The van der Waals surface area contributed by atoms with Gasteiger partial charge in [-0.3, -0.25) is 4.79 Å². The third-order valence-corrected chi connectivity index (χ3v) is 3.61. The molecule has 1 aliphatic carbocycles. The number of carbonyl (C=O) groups is 1. The summed E-state index contributed by atoms with van der Waals surface area (Å²) in [6, 6.07) is 7.90. The fraction of sp³-hybridized carbons (Fsp3) is 0.308. The number of carbonyl (C=O) groups excluding carboxylic acids is 1. The van der Waals surface area contributed by atoms with Crippen LogP contribution < -0.4 is 0 Å². The highest BCUT2D eigenvalue weighted by Crippen LogP contribution is 2.35. The SMILES string of the molecule is O=Cc1c(Cl)n(CC2CC2)c2ccccc12. The zero-order valence-corrected chi connectivity index (χ0v) is 9.57. The van der Waals surface area contributed by atoms with E-state index in [9.17, 15) is 4.79 Å². The molecule has 3 rings (SSSR count). The zero-order chi connectivity index (χ0) is 11.1. The predicted octanol–water partition coefficient (Wildman–Crippen LogP) is 3.52. The molecule has 0 atom stereocenters. The summed E-state index contributed by atoms with van der Waals surface area (Å²) in [6.07, 6.45) is 3.41. The molecule has 0 bridgehead atoms. The molecule has 1 aliphatic rings. The monoisotopic (exact) mass is 233 g/mol. The Hall–Kier alpha value is -1.28. The lowest BCUT2D eigenvalue weighted by Gasteiger charge is -2.05. The quantitative estimate of drug-likeness (QED) is 0.744. The topological polar surface area (TPSA) is 22.0 Å². The molecule has 0 spiro atoms. The maximum atomic E-state index is 11.1. The number of benzene rings is 1. The zero-order valence-electron chi connectivity index (χ0n) is 8.82. The summed E-state index contributed by atoms with van der Waals surface area (Å²) in [5.41, 5.74) is 1.69. The fourth-order valence-electron chi connectivity index (χ4n) is 2.15. The molecule has 0 radical (unpaired) electrons. The summed E-state index contributed by atoms with van der Waals surface area (Å²) in [4.78, 5) is 11.1. The fourth-order valence-corrected chi connectivity index (χ4v) is 2.45. The molecule has 1 heterocycles. The van der Waals surface area contributed by atoms with Gasteiger partial charge in [-0.2, -0.15) is 0 Å². The van der Waals surface area contributed by atoms with Crippen LogP contribution in [0.2, 0.25) is 5.15 Å². The largest absolute Gasteiger partial charge is 0.331 e. The van der Waals surface area contributed by atoms with Crippen LogP contribution in [0.4, 0.5) is 0 Å². The average molecular weight is 234 g/mol. The Morgan fingerprint density at radius 3 is 2.81 bits per heavy atom. The Balaban J connectivity index is 2.23. The molecule has 0 saturated heterocycles. The molecule has 1 saturated carbocycles. The van der Waals surface area contributed by atoms with Crippen molar-refractivity contribution in [2.45, 2.75) is 19.4 Å². The Bertz CT molecular complexity index is 554. The van der Waals surface area contributed by atoms with Crippen LogP contribution in [0, 0.1) is 5.92 Å². The lowest BCUT2D eigenvalue weighted by Crippen LogP contribution is -1.99. The van der Waals surface area contributed by atoms with Crippen LogP contribution in [0.1, 0.15) is 23.2 Å². The summed E-state index contributed by atoms with van der Waals surface area (Å²) in [6.45, 7) is 0.938. The van der Waals surface area contributed by atoms with Gasteiger partial charge in [0.25, 0.3) is 0 Å². The van der Waals surface area contributed by atoms with E-state index in [2.05, 4.69) is 4.57 Å². The Kier molecular flexibility index (Phi) is 2.25. The van der Waals surface area contributed by atoms with Crippen LogP contribution in [0.25, 0.3) is 10.9 Å². The number of para-hydroxylation sites is 1. The summed E-state index contributed by atoms with van der Waals surface area (Å²) < 4.78 is 2.07. The van der Waals surface area contributed by atoms with Gasteiger partial charge in [0.05, 0.1) is 5.56 Å². The van der Waals surface area contributed by atoms with Crippen molar-refractivity contribution in [2.24, 2.45) is 5.92 Å². The molecule has 3 heteroatoms. The van der Waals surface area contributed by atoms with Gasteiger partial charge in [0, 0.05) is 17.4 Å². The number of hydrogen-bond acceptors (Lipinski definition) is 1. The molecule has 0 unspecified atom stereocenters. The number of fused-ring (bicyclic) bond motifs is 1. The minimum atomic E-state index is 0.586. The second kappa shape index (κ2) is 3.63. The lowest BCUT2D eigenvalue weighted by molar-refractivity contribution is 0.112. The van der Waals surface area contributed by atoms with Crippen molar-refractivity contribution in [1.29, 1.82) is 0 Å². The predicted molar refractivity (Wildman–Crippen MR) is 65.1 cm³/mol. The first kappa shape index (κ1) is 9.91. The van der Waals surface area contributed by atoms with Crippen LogP contribution in [-0.4, -0.2) is 10.9 Å². The van der Waals surface area contributed by atoms with Gasteiger partial charge in [0.1, 0.15) is 5.15 Å². The van der Waals surface area contributed by atoms with E-state index in [-0.39, 0.29) is 0 Å². The highest BCUT2D eigenvalue weighted by molar-refractivity contribution is 6.34. The van der Waals surface area contributed by atoms with Gasteiger partial charge in [0.15, 0.2) is 6.29 Å². The number of rotatable bonds is 3. The van der Waals surface area contributed by atoms with Crippen molar-refractivity contribution in [2.75, 3.05) is 0 Å². The number of hydrogen-bond donors (Lipinski definition) is 0. The molecular formula is C13H12ClNO. The van der Waals surface area contributed by atoms with E-state index in [0.717, 1.165) is 29.7 Å². The summed E-state index contributed by atoms with van der Waals surface area (Å²) >= 11 is 6.26. The van der Waals surface area contributed by atoms with Gasteiger partial charge in [-0.15, -0.1) is 0 Å². The standard InChI is InChI=1S/C13H12ClNO/c14-13-11(8-16)10-3-1-2-4-12(10)15(13)7-9-5-6-9/h1-4,8-9H,5-7H2. The molecule has 1 aromatic carbocycles. The Labute approximate surface area is 98.8 Å². The first-order valence-corrected chi connectivity index (χ1v) is 5.91. The van der Waals surface area contributed by atoms with Crippen LogP contribution >= 0.6 is 11.6 Å². The highest BCUT2D eigenvalue weighted by Gasteiger charge is 2.24. The van der Waals surface area contributed by atoms with Gasteiger partial charge in [-0.1, -0.05) is 29.8 Å². The van der Waals surface area contributed by atoms with Gasteiger partial charge >= 0.3 is 0 Å². The number of aromatic nitrogens is 1. The molecular weight excluding hydrogens is 222 g/mol. The van der Waals surface area contributed by atoms with E-state index in [4.69, 9.17) is 11.6 Å². The lowest BCUT2D eigenvalue weighted by atomic mass is 10.2. The van der Waals surface area contributed by atoms with Crippen LogP contribution in [0.15, 0.2) is 24.3 Å². The minimum Gasteiger partial charge on any atom is -0.331 e. The number of aldehydes is 1. The summed E-state index contributed by atoms with van der Waals surface area (Å²) in [5, 5.41) is 1.55. The first-order valence-electron chi connectivity index (χ1n) is 5.53. The second-order valence-electron chi connectivity index (χ2n) is 4.39. The van der Waals surface area contributed by atoms with E-state index in [1.165, 1.54) is 12.8 Å². The molecule has 1 aromatic heterocycles. The maximum Gasteiger partial charge on any atom is 0.153 e. The molecule has 0 aliphatic heterocycles. The van der Waals surface area contributed by atoms with Gasteiger partial charge in [0.2, 0.25) is 0 Å². The van der Waals surface area contributed by atoms with E-state index in [1.54, 1.807) is 0 Å². The van der Waals surface area contributed by atoms with Crippen LogP contribution in [-0.2, 0) is 6.54 Å². The third-order valence-electron chi connectivity index (χ3n) is 3.20. The smallest absolute Gasteiger partial charge is 0.153 e. The molecule has 0 N–H and O–H groups in total. The van der Waals surface area contributed by atoms with E-state index in [1.807, 2.05) is 24.3 Å². The summed E-state index contributed by atoms with van der Waals surface area (Å²) in [5.74, 6) is 0.743. The average Bonchev–Trinajstić information content (AvgIpc) is 3.07. The van der Waals surface area contributed by atoms with Gasteiger partial charge in [-0.05, 0) is 24.8 Å². The number of nitrogens with zero attached hydrogens (tertiary/aromatic N) is 1. The normalized spacial score (nSPS) is 15.6. The second-order valence-corrected chi connectivity index (χ2v) is 4.75. The van der Waals surface area contributed by atoms with Crippen molar-refractivity contribution in [3.05, 3.63) is 35.0 Å². The van der Waals surface area contributed by atoms with Crippen molar-refractivity contribution in [3.63, 3.8) is 0 Å².